The van der Waals surface area contributed by atoms with Gasteiger partial charge in [0.2, 0.25) is 0 Å². The van der Waals surface area contributed by atoms with Crippen molar-refractivity contribution in [1.29, 1.82) is 0 Å². The summed E-state index contributed by atoms with van der Waals surface area (Å²) in [4.78, 5) is 15.8. The summed E-state index contributed by atoms with van der Waals surface area (Å²) < 4.78 is 11.2. The zero-order valence-corrected chi connectivity index (χ0v) is 20.5. The Kier molecular flexibility index (Phi) is 7.53. The van der Waals surface area contributed by atoms with Gasteiger partial charge in [0.15, 0.2) is 11.5 Å². The normalized spacial score (nSPS) is 16.4. The van der Waals surface area contributed by atoms with Crippen molar-refractivity contribution in [3.8, 4) is 11.5 Å². The summed E-state index contributed by atoms with van der Waals surface area (Å²) in [6.45, 7) is 5.83. The molecule has 0 fully saturated rings. The predicted molar refractivity (Wildman–Crippen MR) is 136 cm³/mol. The van der Waals surface area contributed by atoms with Gasteiger partial charge in [-0.15, -0.1) is 0 Å². The minimum Gasteiger partial charge on any atom is -0.493 e. The summed E-state index contributed by atoms with van der Waals surface area (Å²) >= 11 is 0. The van der Waals surface area contributed by atoms with Crippen LogP contribution in [0.4, 0.5) is 0 Å². The molecule has 0 aromatic heterocycles. The van der Waals surface area contributed by atoms with Crippen LogP contribution in [0.1, 0.15) is 52.0 Å². The number of methoxy groups -OCH3 is 2. The number of carbonyl (C=O) groups excluding carboxylic acids is 1. The van der Waals surface area contributed by atoms with Crippen LogP contribution in [-0.4, -0.2) is 37.6 Å². The van der Waals surface area contributed by atoms with E-state index in [1.165, 1.54) is 16.7 Å². The Labute approximate surface area is 202 Å². The highest BCUT2D eigenvalue weighted by molar-refractivity contribution is 5.95. The molecule has 3 aromatic rings. The number of hydrogen-bond donors (Lipinski definition) is 1. The predicted octanol–water partition coefficient (Wildman–Crippen LogP) is 5.32. The molecular weight excluding hydrogens is 424 g/mol. The second-order valence-electron chi connectivity index (χ2n) is 8.86. The Morgan fingerprint density at radius 3 is 2.38 bits per heavy atom. The van der Waals surface area contributed by atoms with E-state index in [1.54, 1.807) is 14.2 Å². The molecule has 0 saturated carbocycles. The maximum absolute atomic E-state index is 13.3. The zero-order valence-electron chi connectivity index (χ0n) is 20.5. The lowest BCUT2D eigenvalue weighted by molar-refractivity contribution is 0.0858. The highest BCUT2D eigenvalue weighted by Crippen LogP contribution is 2.40. The van der Waals surface area contributed by atoms with Gasteiger partial charge in [-0.2, -0.15) is 0 Å². The van der Waals surface area contributed by atoms with E-state index in [1.807, 2.05) is 37.3 Å². The first-order valence-corrected chi connectivity index (χ1v) is 11.9. The highest BCUT2D eigenvalue weighted by atomic mass is 16.5. The monoisotopic (exact) mass is 458 g/mol. The van der Waals surface area contributed by atoms with E-state index in [4.69, 9.17) is 9.47 Å². The van der Waals surface area contributed by atoms with Gasteiger partial charge >= 0.3 is 0 Å². The van der Waals surface area contributed by atoms with E-state index in [0.717, 1.165) is 42.8 Å². The molecule has 0 aliphatic carbocycles. The van der Waals surface area contributed by atoms with Crippen LogP contribution in [-0.2, 0) is 13.0 Å². The van der Waals surface area contributed by atoms with Crippen LogP contribution in [0, 0.1) is 6.92 Å². The molecule has 1 heterocycles. The second kappa shape index (κ2) is 10.7. The van der Waals surface area contributed by atoms with E-state index < -0.39 is 0 Å². The Bertz CT molecular complexity index is 1130. The minimum atomic E-state index is -0.0621. The second-order valence-corrected chi connectivity index (χ2v) is 8.86. The van der Waals surface area contributed by atoms with E-state index in [9.17, 15) is 4.79 Å². The van der Waals surface area contributed by atoms with Crippen LogP contribution >= 0.6 is 0 Å². The third-order valence-corrected chi connectivity index (χ3v) is 6.78. The van der Waals surface area contributed by atoms with E-state index in [2.05, 4.69) is 53.5 Å². The topological polar surface area (TPSA) is 50.8 Å². The van der Waals surface area contributed by atoms with Crippen LogP contribution in [0.15, 0.2) is 66.7 Å². The molecule has 0 saturated heterocycles. The van der Waals surface area contributed by atoms with Crippen molar-refractivity contribution >= 4 is 5.91 Å². The number of benzene rings is 3. The van der Waals surface area contributed by atoms with Crippen LogP contribution < -0.4 is 14.8 Å². The molecule has 0 spiro atoms. The Morgan fingerprint density at radius 1 is 1.03 bits per heavy atom. The van der Waals surface area contributed by atoms with Crippen molar-refractivity contribution in [1.82, 2.24) is 10.2 Å². The number of amides is 1. The van der Waals surface area contributed by atoms with Gasteiger partial charge < -0.3 is 14.8 Å². The van der Waals surface area contributed by atoms with Crippen molar-refractivity contribution in [2.24, 2.45) is 0 Å². The number of fused-ring (bicyclic) bond motifs is 1. The van der Waals surface area contributed by atoms with Gasteiger partial charge in [-0.25, -0.2) is 0 Å². The summed E-state index contributed by atoms with van der Waals surface area (Å²) in [5, 5.41) is 3.36. The quantitative estimate of drug-likeness (QED) is 0.496. The summed E-state index contributed by atoms with van der Waals surface area (Å²) in [7, 11) is 3.34. The molecule has 1 aliphatic heterocycles. The Hall–Kier alpha value is -3.31. The minimum absolute atomic E-state index is 0.0155. The molecule has 1 N–H and O–H groups in total. The lowest BCUT2D eigenvalue weighted by atomic mass is 9.86. The smallest absolute Gasteiger partial charge is 0.251 e. The van der Waals surface area contributed by atoms with Crippen LogP contribution in [0.5, 0.6) is 11.5 Å². The first-order valence-electron chi connectivity index (χ1n) is 11.9. The van der Waals surface area contributed by atoms with Crippen molar-refractivity contribution in [2.45, 2.75) is 45.3 Å². The van der Waals surface area contributed by atoms with Crippen molar-refractivity contribution < 1.29 is 14.3 Å². The average molecular weight is 459 g/mol. The molecule has 3 aromatic carbocycles. The van der Waals surface area contributed by atoms with Crippen molar-refractivity contribution in [3.63, 3.8) is 0 Å². The van der Waals surface area contributed by atoms with Gasteiger partial charge in [-0.1, -0.05) is 55.5 Å². The van der Waals surface area contributed by atoms with Crippen molar-refractivity contribution in [2.75, 3.05) is 20.8 Å². The molecular formula is C29H34N2O3. The fourth-order valence-corrected chi connectivity index (χ4v) is 4.97. The molecule has 178 valence electrons. The zero-order chi connectivity index (χ0) is 24.1. The molecule has 5 nitrogen and oxygen atoms in total. The third-order valence-electron chi connectivity index (χ3n) is 6.78. The molecule has 1 amide bonds. The van der Waals surface area contributed by atoms with Gasteiger partial charge in [-0.05, 0) is 60.2 Å². The number of hydrogen-bond acceptors (Lipinski definition) is 4. The molecule has 0 bridgehead atoms. The SMILES string of the molecule is CCC(NC(=O)c1ccccc1C)C1c2cc(OC)c(OC)cc2CCN1Cc1ccccc1. The molecule has 1 aliphatic rings. The molecule has 2 unspecified atom stereocenters. The third kappa shape index (κ3) is 4.95. The summed E-state index contributed by atoms with van der Waals surface area (Å²) in [5.74, 6) is 1.43. The van der Waals surface area contributed by atoms with Crippen LogP contribution in [0.3, 0.4) is 0 Å². The standard InChI is InChI=1S/C29H34N2O3/c1-5-25(30-29(32)23-14-10-9-11-20(23)2)28-24-18-27(34-4)26(33-3)17-22(24)15-16-31(28)19-21-12-7-6-8-13-21/h6-14,17-18,25,28H,5,15-16,19H2,1-4H3,(H,30,32). The van der Waals surface area contributed by atoms with E-state index >= 15 is 0 Å². The first-order chi connectivity index (χ1) is 16.5. The van der Waals surface area contributed by atoms with Gasteiger partial charge in [0.05, 0.1) is 20.3 Å². The maximum atomic E-state index is 13.3. The lowest BCUT2D eigenvalue weighted by Gasteiger charge is -2.42. The number of ether oxygens (including phenoxy) is 2. The largest absolute Gasteiger partial charge is 0.493 e. The van der Waals surface area contributed by atoms with Gasteiger partial charge in [0, 0.05) is 24.7 Å². The van der Waals surface area contributed by atoms with Crippen LogP contribution in [0.2, 0.25) is 0 Å². The number of rotatable bonds is 8. The van der Waals surface area contributed by atoms with Crippen molar-refractivity contribution in [3.05, 3.63) is 94.5 Å². The van der Waals surface area contributed by atoms with E-state index in [0.29, 0.717) is 5.75 Å². The Balaban J connectivity index is 1.73. The lowest BCUT2D eigenvalue weighted by Crippen LogP contribution is -2.48. The fourth-order valence-electron chi connectivity index (χ4n) is 4.97. The average Bonchev–Trinajstić information content (AvgIpc) is 2.87. The van der Waals surface area contributed by atoms with Gasteiger partial charge in [-0.3, -0.25) is 9.69 Å². The summed E-state index contributed by atoms with van der Waals surface area (Å²) in [6.07, 6.45) is 1.72. The Morgan fingerprint density at radius 2 is 1.71 bits per heavy atom. The van der Waals surface area contributed by atoms with Crippen LogP contribution in [0.25, 0.3) is 0 Å². The number of nitrogens with zero attached hydrogens (tertiary/aromatic N) is 1. The highest BCUT2D eigenvalue weighted by Gasteiger charge is 2.35. The fraction of sp³-hybridized carbons (Fsp3) is 0.345. The number of aryl methyl sites for hydroxylation is 1. The number of carbonyl (C=O) groups is 1. The summed E-state index contributed by atoms with van der Waals surface area (Å²) in [6, 6.07) is 22.4. The van der Waals surface area contributed by atoms with Gasteiger partial charge in [0.1, 0.15) is 0 Å². The molecule has 0 radical (unpaired) electrons. The molecule has 5 heteroatoms. The number of nitrogens with one attached hydrogen (secondary N) is 1. The van der Waals surface area contributed by atoms with E-state index in [-0.39, 0.29) is 18.0 Å². The molecule has 34 heavy (non-hydrogen) atoms. The van der Waals surface area contributed by atoms with Gasteiger partial charge in [0.25, 0.3) is 5.91 Å². The summed E-state index contributed by atoms with van der Waals surface area (Å²) in [5.41, 5.74) is 5.40. The maximum Gasteiger partial charge on any atom is 0.251 e. The first kappa shape index (κ1) is 23.8. The molecule has 4 rings (SSSR count). The molecule has 2 atom stereocenters.